The fraction of sp³-hybridized carbons (Fsp3) is 0.500. The van der Waals surface area contributed by atoms with Gasteiger partial charge in [0.2, 0.25) is 11.8 Å². The molecular formula is C18H24N4O2. The van der Waals surface area contributed by atoms with Crippen molar-refractivity contribution in [3.05, 3.63) is 29.5 Å². The van der Waals surface area contributed by atoms with Gasteiger partial charge >= 0.3 is 0 Å². The van der Waals surface area contributed by atoms with Gasteiger partial charge in [-0.1, -0.05) is 11.6 Å². The maximum atomic E-state index is 12.5. The number of rotatable bonds is 4. The largest absolute Gasteiger partial charge is 0.350 e. The summed E-state index contributed by atoms with van der Waals surface area (Å²) in [6, 6.07) is 6.19. The van der Waals surface area contributed by atoms with E-state index in [1.54, 1.807) is 4.90 Å². The molecule has 128 valence electrons. The number of aromatic amines is 1. The molecule has 1 unspecified atom stereocenters. The van der Waals surface area contributed by atoms with Crippen molar-refractivity contribution in [2.24, 2.45) is 5.92 Å². The van der Waals surface area contributed by atoms with Crippen molar-refractivity contribution in [2.75, 3.05) is 6.54 Å². The highest BCUT2D eigenvalue weighted by molar-refractivity contribution is 5.85. The first-order valence-corrected chi connectivity index (χ1v) is 8.46. The molecule has 1 aliphatic heterocycles. The molecule has 1 aliphatic rings. The van der Waals surface area contributed by atoms with Crippen molar-refractivity contribution in [1.29, 1.82) is 0 Å². The lowest BCUT2D eigenvalue weighted by Crippen LogP contribution is -2.48. The van der Waals surface area contributed by atoms with E-state index < -0.39 is 0 Å². The number of nitrogens with zero attached hydrogens (tertiary/aromatic N) is 2. The minimum absolute atomic E-state index is 0.00329. The van der Waals surface area contributed by atoms with E-state index in [4.69, 9.17) is 0 Å². The van der Waals surface area contributed by atoms with Crippen molar-refractivity contribution in [3.8, 4) is 0 Å². The van der Waals surface area contributed by atoms with Gasteiger partial charge in [0.05, 0.1) is 23.7 Å². The number of H-pyrrole nitrogens is 1. The molecule has 1 fully saturated rings. The summed E-state index contributed by atoms with van der Waals surface area (Å²) in [5, 5.41) is 11.3. The number of benzene rings is 1. The van der Waals surface area contributed by atoms with Crippen LogP contribution in [0.5, 0.6) is 0 Å². The smallest absolute Gasteiger partial charge is 0.225 e. The summed E-state index contributed by atoms with van der Waals surface area (Å²) in [6.07, 6.45) is 1.07. The van der Waals surface area contributed by atoms with Crippen LogP contribution in [0.4, 0.5) is 0 Å². The van der Waals surface area contributed by atoms with Crippen LogP contribution in [0, 0.1) is 12.8 Å². The minimum Gasteiger partial charge on any atom is -0.350 e. The lowest BCUT2D eigenvalue weighted by Gasteiger charge is -2.34. The second-order valence-electron chi connectivity index (χ2n) is 6.82. The monoisotopic (exact) mass is 328 g/mol. The molecule has 2 heterocycles. The van der Waals surface area contributed by atoms with Crippen LogP contribution in [0.1, 0.15) is 37.9 Å². The number of amides is 2. The normalized spacial score (nSPS) is 18.4. The summed E-state index contributed by atoms with van der Waals surface area (Å²) >= 11 is 0. The van der Waals surface area contributed by atoms with E-state index in [9.17, 15) is 9.59 Å². The van der Waals surface area contributed by atoms with Gasteiger partial charge in [0.15, 0.2) is 0 Å². The Morgan fingerprint density at radius 2 is 2.25 bits per heavy atom. The highest BCUT2D eigenvalue weighted by atomic mass is 16.2. The topological polar surface area (TPSA) is 78.1 Å². The Morgan fingerprint density at radius 1 is 1.46 bits per heavy atom. The molecule has 0 aliphatic carbocycles. The SMILES string of the molecule is Cc1ccc2n[nH]c(CNC(=O)C3CCC(=O)N(C(C)C)C3)c2c1. The van der Waals surface area contributed by atoms with Gasteiger partial charge in [-0.2, -0.15) is 5.10 Å². The Labute approximate surface area is 141 Å². The van der Waals surface area contributed by atoms with E-state index in [-0.39, 0.29) is 23.8 Å². The molecule has 6 nitrogen and oxygen atoms in total. The Morgan fingerprint density at radius 3 is 3.00 bits per heavy atom. The Hall–Kier alpha value is -2.37. The third-order valence-electron chi connectivity index (χ3n) is 4.67. The molecule has 0 saturated carbocycles. The molecule has 3 rings (SSSR count). The van der Waals surface area contributed by atoms with E-state index in [1.165, 1.54) is 0 Å². The molecule has 2 amide bonds. The summed E-state index contributed by atoms with van der Waals surface area (Å²) in [7, 11) is 0. The number of hydrogen-bond acceptors (Lipinski definition) is 3. The van der Waals surface area contributed by atoms with Crippen molar-refractivity contribution in [2.45, 2.75) is 46.2 Å². The Bertz CT molecular complexity index is 765. The molecule has 1 atom stereocenters. The van der Waals surface area contributed by atoms with Gasteiger partial charge in [-0.25, -0.2) is 0 Å². The summed E-state index contributed by atoms with van der Waals surface area (Å²) in [5.41, 5.74) is 2.98. The van der Waals surface area contributed by atoms with Crippen LogP contribution in [0.15, 0.2) is 18.2 Å². The van der Waals surface area contributed by atoms with Crippen LogP contribution in [-0.4, -0.2) is 39.5 Å². The van der Waals surface area contributed by atoms with Crippen LogP contribution in [0.25, 0.3) is 10.9 Å². The quantitative estimate of drug-likeness (QED) is 0.902. The van der Waals surface area contributed by atoms with Gasteiger partial charge in [-0.05, 0) is 39.3 Å². The average Bonchev–Trinajstić information content (AvgIpc) is 2.95. The van der Waals surface area contributed by atoms with Crippen LogP contribution >= 0.6 is 0 Å². The maximum absolute atomic E-state index is 12.5. The van der Waals surface area contributed by atoms with Crippen LogP contribution < -0.4 is 5.32 Å². The number of nitrogens with one attached hydrogen (secondary N) is 2. The van der Waals surface area contributed by atoms with Crippen LogP contribution in [0.3, 0.4) is 0 Å². The predicted molar refractivity (Wildman–Crippen MR) is 92.3 cm³/mol. The third kappa shape index (κ3) is 3.27. The van der Waals surface area contributed by atoms with Gasteiger partial charge in [0.25, 0.3) is 0 Å². The standard InChI is InChI=1S/C18H24N4O2/c1-11(2)22-10-13(5-7-17(22)23)18(24)19-9-16-14-8-12(3)4-6-15(14)20-21-16/h4,6,8,11,13H,5,7,9-10H2,1-3H3,(H,19,24)(H,20,21). The van der Waals surface area contributed by atoms with Crippen molar-refractivity contribution >= 4 is 22.7 Å². The zero-order valence-corrected chi connectivity index (χ0v) is 14.4. The van der Waals surface area contributed by atoms with Crippen LogP contribution in [-0.2, 0) is 16.1 Å². The lowest BCUT2D eigenvalue weighted by molar-refractivity contribution is -0.140. The summed E-state index contributed by atoms with van der Waals surface area (Å²) in [4.78, 5) is 26.2. The summed E-state index contributed by atoms with van der Waals surface area (Å²) < 4.78 is 0. The number of hydrogen-bond donors (Lipinski definition) is 2. The highest BCUT2D eigenvalue weighted by Gasteiger charge is 2.31. The minimum atomic E-state index is -0.138. The molecule has 0 bridgehead atoms. The summed E-state index contributed by atoms with van der Waals surface area (Å²) in [6.45, 7) is 6.93. The molecule has 1 aromatic heterocycles. The molecular weight excluding hydrogens is 304 g/mol. The van der Waals surface area contributed by atoms with E-state index in [0.29, 0.717) is 25.9 Å². The number of fused-ring (bicyclic) bond motifs is 1. The molecule has 24 heavy (non-hydrogen) atoms. The van der Waals surface area contributed by atoms with E-state index in [1.807, 2.05) is 32.9 Å². The fourth-order valence-electron chi connectivity index (χ4n) is 3.22. The Balaban J connectivity index is 1.64. The average molecular weight is 328 g/mol. The number of aryl methyl sites for hydroxylation is 1. The molecule has 2 N–H and O–H groups in total. The molecule has 6 heteroatoms. The second-order valence-corrected chi connectivity index (χ2v) is 6.82. The molecule has 1 aromatic carbocycles. The lowest BCUT2D eigenvalue weighted by atomic mass is 9.95. The van der Waals surface area contributed by atoms with Crippen molar-refractivity contribution in [1.82, 2.24) is 20.4 Å². The number of carbonyl (C=O) groups excluding carboxylic acids is 2. The molecule has 0 radical (unpaired) electrons. The van der Waals surface area contributed by atoms with E-state index in [0.717, 1.165) is 22.2 Å². The summed E-state index contributed by atoms with van der Waals surface area (Å²) in [5.74, 6) is 0.00802. The van der Waals surface area contributed by atoms with Gasteiger partial charge < -0.3 is 10.2 Å². The van der Waals surface area contributed by atoms with Gasteiger partial charge in [0, 0.05) is 24.4 Å². The number of carbonyl (C=O) groups is 2. The zero-order chi connectivity index (χ0) is 17.3. The van der Waals surface area contributed by atoms with Crippen molar-refractivity contribution in [3.63, 3.8) is 0 Å². The number of piperidine rings is 1. The van der Waals surface area contributed by atoms with Gasteiger partial charge in [-0.3, -0.25) is 14.7 Å². The zero-order valence-electron chi connectivity index (χ0n) is 14.4. The first-order chi connectivity index (χ1) is 11.5. The number of aromatic nitrogens is 2. The fourth-order valence-corrected chi connectivity index (χ4v) is 3.22. The Kier molecular flexibility index (Phi) is 4.55. The maximum Gasteiger partial charge on any atom is 0.225 e. The molecule has 1 saturated heterocycles. The molecule has 2 aromatic rings. The predicted octanol–water partition coefficient (Wildman–Crippen LogP) is 2.13. The highest BCUT2D eigenvalue weighted by Crippen LogP contribution is 2.21. The van der Waals surface area contributed by atoms with E-state index >= 15 is 0 Å². The first kappa shape index (κ1) is 16.5. The molecule has 0 spiro atoms. The number of likely N-dealkylation sites (tertiary alicyclic amines) is 1. The van der Waals surface area contributed by atoms with Crippen molar-refractivity contribution < 1.29 is 9.59 Å². The van der Waals surface area contributed by atoms with Gasteiger partial charge in [0.1, 0.15) is 0 Å². The second kappa shape index (κ2) is 6.63. The van der Waals surface area contributed by atoms with Crippen LogP contribution in [0.2, 0.25) is 0 Å². The first-order valence-electron chi connectivity index (χ1n) is 8.46. The van der Waals surface area contributed by atoms with E-state index in [2.05, 4.69) is 21.6 Å². The third-order valence-corrected chi connectivity index (χ3v) is 4.67. The van der Waals surface area contributed by atoms with Gasteiger partial charge in [-0.15, -0.1) is 0 Å².